The maximum absolute atomic E-state index is 13.1. The molecule has 2 amide bonds. The molecule has 2 aromatic rings. The number of amides is 2. The highest BCUT2D eigenvalue weighted by Gasteiger charge is 2.34. The number of ether oxygens (including phenoxy) is 1. The molecule has 2 aliphatic rings. The molecule has 8 nitrogen and oxygen atoms in total. The Morgan fingerprint density at radius 3 is 2.71 bits per heavy atom. The third-order valence-corrected chi connectivity index (χ3v) is 6.15. The van der Waals surface area contributed by atoms with Crippen molar-refractivity contribution < 1.29 is 14.3 Å². The van der Waals surface area contributed by atoms with Gasteiger partial charge in [0, 0.05) is 50.7 Å². The second-order valence-corrected chi connectivity index (χ2v) is 8.39. The molecule has 0 aromatic carbocycles. The van der Waals surface area contributed by atoms with Crippen LogP contribution in [0.5, 0.6) is 0 Å². The van der Waals surface area contributed by atoms with Gasteiger partial charge >= 0.3 is 0 Å². The van der Waals surface area contributed by atoms with Gasteiger partial charge in [0.25, 0.3) is 0 Å². The molecule has 31 heavy (non-hydrogen) atoms. The Balaban J connectivity index is 1.44. The first-order valence-corrected chi connectivity index (χ1v) is 11.3. The number of aryl methyl sites for hydroxylation is 1. The minimum atomic E-state index is -0.232. The molecule has 3 heterocycles. The zero-order valence-corrected chi connectivity index (χ0v) is 17.9. The number of carbonyl (C=O) groups is 2. The normalized spacial score (nSPS) is 20.6. The van der Waals surface area contributed by atoms with Gasteiger partial charge in [0.05, 0.1) is 24.9 Å². The lowest BCUT2D eigenvalue weighted by Crippen LogP contribution is -2.46. The highest BCUT2D eigenvalue weighted by atomic mass is 16.5. The number of carbonyl (C=O) groups excluding carboxylic acids is 2. The van der Waals surface area contributed by atoms with Crippen LogP contribution in [0.1, 0.15) is 44.2 Å². The van der Waals surface area contributed by atoms with Crippen LogP contribution in [0.4, 0.5) is 0 Å². The molecule has 1 saturated heterocycles. The summed E-state index contributed by atoms with van der Waals surface area (Å²) in [5, 5.41) is 4.16. The summed E-state index contributed by atoms with van der Waals surface area (Å²) >= 11 is 0. The molecule has 1 aliphatic heterocycles. The third kappa shape index (κ3) is 5.91. The molecular weight excluding hydrogens is 394 g/mol. The lowest BCUT2D eigenvalue weighted by atomic mass is 9.94. The second-order valence-electron chi connectivity index (χ2n) is 8.39. The first-order valence-electron chi connectivity index (χ1n) is 11.3. The Bertz CT molecular complexity index is 836. The Morgan fingerprint density at radius 1 is 1.10 bits per heavy atom. The van der Waals surface area contributed by atoms with Gasteiger partial charge in [-0.05, 0) is 31.0 Å². The van der Waals surface area contributed by atoms with E-state index in [1.54, 1.807) is 22.0 Å². The Kier molecular flexibility index (Phi) is 7.30. The van der Waals surface area contributed by atoms with Crippen molar-refractivity contribution in [3.8, 4) is 0 Å². The first-order chi connectivity index (χ1) is 15.2. The Labute approximate surface area is 183 Å². The van der Waals surface area contributed by atoms with Crippen LogP contribution in [0, 0.1) is 0 Å². The topological polar surface area (TPSA) is 80.6 Å². The number of rotatable bonds is 7. The van der Waals surface area contributed by atoms with E-state index in [4.69, 9.17) is 4.74 Å². The molecule has 0 N–H and O–H groups in total. The molecule has 4 rings (SSSR count). The van der Waals surface area contributed by atoms with Gasteiger partial charge in [0.1, 0.15) is 0 Å². The summed E-state index contributed by atoms with van der Waals surface area (Å²) in [7, 11) is 0. The van der Waals surface area contributed by atoms with E-state index in [-0.39, 0.29) is 30.5 Å². The first kappa shape index (κ1) is 21.5. The maximum atomic E-state index is 13.1. The average molecular weight is 426 g/mol. The lowest BCUT2D eigenvalue weighted by Gasteiger charge is -2.34. The summed E-state index contributed by atoms with van der Waals surface area (Å²) in [6.45, 7) is 1.94. The van der Waals surface area contributed by atoms with Gasteiger partial charge in [-0.1, -0.05) is 25.3 Å². The summed E-state index contributed by atoms with van der Waals surface area (Å²) in [5.41, 5.74) is 0.846. The predicted molar refractivity (Wildman–Crippen MR) is 115 cm³/mol. The summed E-state index contributed by atoms with van der Waals surface area (Å²) in [5.74, 6) is -0.0101. The van der Waals surface area contributed by atoms with Gasteiger partial charge in [-0.3, -0.25) is 19.3 Å². The summed E-state index contributed by atoms with van der Waals surface area (Å²) < 4.78 is 7.92. The molecule has 1 atom stereocenters. The maximum Gasteiger partial charge on any atom is 0.242 e. The van der Waals surface area contributed by atoms with Crippen molar-refractivity contribution >= 4 is 11.8 Å². The smallest absolute Gasteiger partial charge is 0.242 e. The molecule has 0 radical (unpaired) electrons. The minimum absolute atomic E-state index is 0.0308. The van der Waals surface area contributed by atoms with Crippen molar-refractivity contribution in [1.82, 2.24) is 24.6 Å². The molecule has 0 spiro atoms. The SMILES string of the molecule is O=C(CCn1cccn1)N1CC(=O)N(C2CCCCC2)C[C@H](OCc2ccccn2)C1. The molecule has 1 saturated carbocycles. The number of hydrogen-bond donors (Lipinski definition) is 0. The van der Waals surface area contributed by atoms with Crippen LogP contribution < -0.4 is 0 Å². The van der Waals surface area contributed by atoms with Crippen molar-refractivity contribution in [2.24, 2.45) is 0 Å². The second kappa shape index (κ2) is 10.5. The molecule has 2 fully saturated rings. The minimum Gasteiger partial charge on any atom is -0.368 e. The fraction of sp³-hybridized carbons (Fsp3) is 0.565. The molecule has 2 aromatic heterocycles. The van der Waals surface area contributed by atoms with Gasteiger partial charge in [-0.2, -0.15) is 5.10 Å². The summed E-state index contributed by atoms with van der Waals surface area (Å²) in [6.07, 6.45) is 11.0. The number of hydrogen-bond acceptors (Lipinski definition) is 5. The van der Waals surface area contributed by atoms with E-state index in [0.717, 1.165) is 31.4 Å². The van der Waals surface area contributed by atoms with Crippen LogP contribution in [-0.4, -0.2) is 68.2 Å². The van der Waals surface area contributed by atoms with Crippen LogP contribution in [0.2, 0.25) is 0 Å². The molecule has 1 aliphatic carbocycles. The van der Waals surface area contributed by atoms with Crippen LogP contribution >= 0.6 is 0 Å². The van der Waals surface area contributed by atoms with Crippen molar-refractivity contribution in [1.29, 1.82) is 0 Å². The Hall–Kier alpha value is -2.74. The van der Waals surface area contributed by atoms with Crippen molar-refractivity contribution in [2.45, 2.75) is 63.8 Å². The molecule has 0 unspecified atom stereocenters. The van der Waals surface area contributed by atoms with E-state index in [0.29, 0.717) is 32.7 Å². The van der Waals surface area contributed by atoms with E-state index >= 15 is 0 Å². The van der Waals surface area contributed by atoms with E-state index in [1.807, 2.05) is 35.4 Å². The van der Waals surface area contributed by atoms with Crippen LogP contribution in [0.3, 0.4) is 0 Å². The fourth-order valence-corrected chi connectivity index (χ4v) is 4.47. The van der Waals surface area contributed by atoms with Gasteiger partial charge in [-0.15, -0.1) is 0 Å². The standard InChI is InChI=1S/C23H31N5O3/c29-22(10-14-27-13-6-12-25-27)26-15-21(31-18-19-7-4-5-11-24-19)16-28(23(30)17-26)20-8-2-1-3-9-20/h4-7,11-13,20-21H,1-3,8-10,14-18H2/t21-/m1/s1. The number of aromatic nitrogens is 3. The van der Waals surface area contributed by atoms with E-state index in [1.165, 1.54) is 6.42 Å². The van der Waals surface area contributed by atoms with E-state index in [9.17, 15) is 9.59 Å². The molecular formula is C23H31N5O3. The summed E-state index contributed by atoms with van der Waals surface area (Å²) in [4.78, 5) is 34.0. The van der Waals surface area contributed by atoms with Crippen molar-refractivity contribution in [2.75, 3.05) is 19.6 Å². The Morgan fingerprint density at radius 2 is 1.97 bits per heavy atom. The largest absolute Gasteiger partial charge is 0.368 e. The lowest BCUT2D eigenvalue weighted by molar-refractivity contribution is -0.140. The quantitative estimate of drug-likeness (QED) is 0.680. The van der Waals surface area contributed by atoms with E-state index in [2.05, 4.69) is 10.1 Å². The average Bonchev–Trinajstić information content (AvgIpc) is 3.27. The summed E-state index contributed by atoms with van der Waals surface area (Å²) in [6, 6.07) is 7.82. The molecule has 0 bridgehead atoms. The van der Waals surface area contributed by atoms with Crippen molar-refractivity contribution in [3.05, 3.63) is 48.5 Å². The highest BCUT2D eigenvalue weighted by molar-refractivity contribution is 5.85. The van der Waals surface area contributed by atoms with Crippen LogP contribution in [0.15, 0.2) is 42.9 Å². The molecule has 8 heteroatoms. The van der Waals surface area contributed by atoms with Crippen LogP contribution in [-0.2, 0) is 27.5 Å². The molecule has 166 valence electrons. The zero-order valence-electron chi connectivity index (χ0n) is 17.9. The van der Waals surface area contributed by atoms with E-state index < -0.39 is 0 Å². The zero-order chi connectivity index (χ0) is 21.5. The van der Waals surface area contributed by atoms with Gasteiger partial charge in [0.2, 0.25) is 11.8 Å². The van der Waals surface area contributed by atoms with Crippen molar-refractivity contribution in [3.63, 3.8) is 0 Å². The predicted octanol–water partition coefficient (Wildman–Crippen LogP) is 2.26. The third-order valence-electron chi connectivity index (χ3n) is 6.15. The van der Waals surface area contributed by atoms with Gasteiger partial charge in [-0.25, -0.2) is 0 Å². The number of pyridine rings is 1. The van der Waals surface area contributed by atoms with Gasteiger partial charge < -0.3 is 14.5 Å². The number of nitrogens with zero attached hydrogens (tertiary/aromatic N) is 5. The highest BCUT2D eigenvalue weighted by Crippen LogP contribution is 2.25. The monoisotopic (exact) mass is 425 g/mol. The fourth-order valence-electron chi connectivity index (χ4n) is 4.47. The van der Waals surface area contributed by atoms with Gasteiger partial charge in [0.15, 0.2) is 0 Å². The van der Waals surface area contributed by atoms with Crippen LogP contribution in [0.25, 0.3) is 0 Å².